The number of nitrogens with one attached hydrogen (secondary N) is 2. The first kappa shape index (κ1) is 14.3. The number of ether oxygens (including phenoxy) is 1. The number of thiazole rings is 1. The summed E-state index contributed by atoms with van der Waals surface area (Å²) in [6.45, 7) is 0.427. The van der Waals surface area contributed by atoms with Crippen molar-refractivity contribution in [3.05, 3.63) is 34.7 Å². The fourth-order valence-corrected chi connectivity index (χ4v) is 2.44. The van der Waals surface area contributed by atoms with E-state index in [0.29, 0.717) is 22.3 Å². The molecule has 0 aliphatic heterocycles. The number of benzene rings is 1. The molecule has 0 atom stereocenters. The van der Waals surface area contributed by atoms with Crippen LogP contribution in [0.2, 0.25) is 0 Å². The van der Waals surface area contributed by atoms with Crippen molar-refractivity contribution < 1.29 is 9.53 Å². The van der Waals surface area contributed by atoms with Gasteiger partial charge in [-0.15, -0.1) is 0 Å². The molecule has 0 bridgehead atoms. The van der Waals surface area contributed by atoms with E-state index < -0.39 is 0 Å². The van der Waals surface area contributed by atoms with E-state index in [1.807, 2.05) is 24.3 Å². The Morgan fingerprint density at radius 1 is 1.45 bits per heavy atom. The van der Waals surface area contributed by atoms with Gasteiger partial charge in [0.15, 0.2) is 5.13 Å². The Labute approximate surface area is 121 Å². The quantitative estimate of drug-likeness (QED) is 0.786. The van der Waals surface area contributed by atoms with Crippen molar-refractivity contribution in [2.45, 2.75) is 6.61 Å². The van der Waals surface area contributed by atoms with Gasteiger partial charge in [-0.25, -0.2) is 4.98 Å². The van der Waals surface area contributed by atoms with Gasteiger partial charge in [0.05, 0.1) is 6.61 Å². The molecule has 1 aromatic carbocycles. The van der Waals surface area contributed by atoms with Crippen LogP contribution >= 0.6 is 11.3 Å². The van der Waals surface area contributed by atoms with Crippen LogP contribution in [0.3, 0.4) is 0 Å². The number of para-hydroxylation sites is 1. The summed E-state index contributed by atoms with van der Waals surface area (Å²) in [6.07, 6.45) is 0. The van der Waals surface area contributed by atoms with Crippen molar-refractivity contribution in [3.8, 4) is 0 Å². The third-order valence-corrected chi connectivity index (χ3v) is 3.73. The molecule has 0 radical (unpaired) electrons. The van der Waals surface area contributed by atoms with Crippen LogP contribution in [0.15, 0.2) is 24.3 Å². The topological polar surface area (TPSA) is 89.3 Å². The Bertz CT molecular complexity index is 612. The zero-order valence-corrected chi connectivity index (χ0v) is 12.1. The van der Waals surface area contributed by atoms with Gasteiger partial charge >= 0.3 is 0 Å². The third kappa shape index (κ3) is 3.06. The van der Waals surface area contributed by atoms with Crippen molar-refractivity contribution in [2.24, 2.45) is 0 Å². The van der Waals surface area contributed by atoms with Crippen LogP contribution < -0.4 is 16.4 Å². The minimum atomic E-state index is -0.273. The highest BCUT2D eigenvalue weighted by Crippen LogP contribution is 2.26. The zero-order chi connectivity index (χ0) is 14.5. The Hall–Kier alpha value is -2.12. The molecule has 0 spiro atoms. The van der Waals surface area contributed by atoms with E-state index in [1.165, 1.54) is 11.3 Å². The van der Waals surface area contributed by atoms with Gasteiger partial charge < -0.3 is 21.1 Å². The molecular formula is C13H16N4O2S. The van der Waals surface area contributed by atoms with Gasteiger partial charge in [0.25, 0.3) is 5.91 Å². The predicted molar refractivity (Wildman–Crippen MR) is 81.2 cm³/mol. The maximum absolute atomic E-state index is 12.2. The number of nitrogen functional groups attached to an aromatic ring is 1. The van der Waals surface area contributed by atoms with Crippen LogP contribution in [-0.4, -0.2) is 25.0 Å². The molecule has 0 fully saturated rings. The molecule has 1 amide bonds. The van der Waals surface area contributed by atoms with E-state index in [1.54, 1.807) is 14.2 Å². The molecule has 0 unspecified atom stereocenters. The van der Waals surface area contributed by atoms with Crippen molar-refractivity contribution in [1.29, 1.82) is 0 Å². The number of carbonyl (C=O) groups excluding carboxylic acids is 1. The highest BCUT2D eigenvalue weighted by Gasteiger charge is 2.16. The average molecular weight is 292 g/mol. The van der Waals surface area contributed by atoms with E-state index in [9.17, 15) is 4.79 Å². The summed E-state index contributed by atoms with van der Waals surface area (Å²) in [5, 5.41) is 6.31. The number of hydrogen-bond donors (Lipinski definition) is 3. The lowest BCUT2D eigenvalue weighted by atomic mass is 10.2. The molecule has 0 saturated carbocycles. The minimum Gasteiger partial charge on any atom is -0.382 e. The van der Waals surface area contributed by atoms with Crippen LogP contribution in [-0.2, 0) is 11.3 Å². The molecule has 20 heavy (non-hydrogen) atoms. The molecule has 1 heterocycles. The van der Waals surface area contributed by atoms with E-state index >= 15 is 0 Å². The predicted octanol–water partition coefficient (Wildman–Crippen LogP) is 2.17. The molecule has 0 aliphatic rings. The molecule has 1 aromatic heterocycles. The number of carbonyl (C=O) groups is 1. The van der Waals surface area contributed by atoms with Crippen molar-refractivity contribution in [1.82, 2.24) is 4.98 Å². The summed E-state index contributed by atoms with van der Waals surface area (Å²) in [5.41, 5.74) is 7.35. The number of anilines is 3. The molecule has 0 saturated heterocycles. The summed E-state index contributed by atoms with van der Waals surface area (Å²) >= 11 is 1.22. The molecule has 2 aromatic rings. The monoisotopic (exact) mass is 292 g/mol. The Morgan fingerprint density at radius 2 is 2.20 bits per heavy atom. The number of amides is 1. The Balaban J connectivity index is 2.21. The van der Waals surface area contributed by atoms with Crippen molar-refractivity contribution in [3.63, 3.8) is 0 Å². The van der Waals surface area contributed by atoms with Gasteiger partial charge in [0.1, 0.15) is 10.7 Å². The number of nitrogens with zero attached hydrogens (tertiary/aromatic N) is 1. The summed E-state index contributed by atoms with van der Waals surface area (Å²) < 4.78 is 5.11. The summed E-state index contributed by atoms with van der Waals surface area (Å²) in [6, 6.07) is 7.46. The van der Waals surface area contributed by atoms with E-state index in [2.05, 4.69) is 15.6 Å². The van der Waals surface area contributed by atoms with E-state index in [-0.39, 0.29) is 11.7 Å². The summed E-state index contributed by atoms with van der Waals surface area (Å²) in [5.74, 6) is -0.0499. The molecule has 6 nitrogen and oxygen atoms in total. The van der Waals surface area contributed by atoms with Gasteiger partial charge in [0.2, 0.25) is 0 Å². The number of nitrogens with two attached hydrogens (primary N) is 1. The first-order chi connectivity index (χ1) is 9.65. The smallest absolute Gasteiger partial charge is 0.269 e. The van der Waals surface area contributed by atoms with Gasteiger partial charge in [-0.05, 0) is 6.07 Å². The normalized spacial score (nSPS) is 10.3. The first-order valence-electron chi connectivity index (χ1n) is 5.98. The SMILES string of the molecule is CNc1nc(N)c(C(=O)Nc2ccccc2COC)s1. The first-order valence-corrected chi connectivity index (χ1v) is 6.79. The lowest BCUT2D eigenvalue weighted by Gasteiger charge is -2.09. The maximum Gasteiger partial charge on any atom is 0.269 e. The van der Waals surface area contributed by atoms with E-state index in [4.69, 9.17) is 10.5 Å². The van der Waals surface area contributed by atoms with Crippen LogP contribution in [0.25, 0.3) is 0 Å². The van der Waals surface area contributed by atoms with Crippen molar-refractivity contribution >= 4 is 33.9 Å². The molecule has 7 heteroatoms. The second-order valence-electron chi connectivity index (χ2n) is 4.03. The van der Waals surface area contributed by atoms with Gasteiger partial charge in [-0.2, -0.15) is 0 Å². The molecule has 4 N–H and O–H groups in total. The lowest BCUT2D eigenvalue weighted by molar-refractivity contribution is 0.103. The number of rotatable bonds is 5. The Kier molecular flexibility index (Phi) is 4.54. The largest absolute Gasteiger partial charge is 0.382 e. The lowest BCUT2D eigenvalue weighted by Crippen LogP contribution is -2.13. The van der Waals surface area contributed by atoms with Gasteiger partial charge in [0, 0.05) is 25.4 Å². The summed E-state index contributed by atoms with van der Waals surface area (Å²) in [4.78, 5) is 16.7. The van der Waals surface area contributed by atoms with Gasteiger partial charge in [-0.1, -0.05) is 29.5 Å². The standard InChI is InChI=1S/C13H16N4O2S/c1-15-13-17-11(14)10(20-13)12(18)16-9-6-4-3-5-8(9)7-19-2/h3-6H,7,14H2,1-2H3,(H,15,17)(H,16,18). The minimum absolute atomic E-state index is 0.223. The van der Waals surface area contributed by atoms with Crippen LogP contribution in [0.4, 0.5) is 16.6 Å². The fourth-order valence-electron chi connectivity index (χ4n) is 1.70. The van der Waals surface area contributed by atoms with Crippen LogP contribution in [0.5, 0.6) is 0 Å². The van der Waals surface area contributed by atoms with Crippen molar-refractivity contribution in [2.75, 3.05) is 30.5 Å². The third-order valence-electron chi connectivity index (χ3n) is 2.64. The fraction of sp³-hybridized carbons (Fsp3) is 0.231. The van der Waals surface area contributed by atoms with Crippen LogP contribution in [0, 0.1) is 0 Å². The number of methoxy groups -OCH3 is 1. The summed E-state index contributed by atoms with van der Waals surface area (Å²) in [7, 11) is 3.34. The maximum atomic E-state index is 12.2. The molecule has 0 aliphatic carbocycles. The molecular weight excluding hydrogens is 276 g/mol. The second kappa shape index (κ2) is 6.36. The molecule has 106 valence electrons. The Morgan fingerprint density at radius 3 is 2.85 bits per heavy atom. The van der Waals surface area contributed by atoms with E-state index in [0.717, 1.165) is 5.56 Å². The zero-order valence-electron chi connectivity index (χ0n) is 11.3. The molecule has 2 rings (SSSR count). The average Bonchev–Trinajstić information content (AvgIpc) is 2.82. The van der Waals surface area contributed by atoms with Gasteiger partial charge in [-0.3, -0.25) is 4.79 Å². The van der Waals surface area contributed by atoms with Crippen LogP contribution in [0.1, 0.15) is 15.2 Å². The highest BCUT2D eigenvalue weighted by molar-refractivity contribution is 7.18. The second-order valence-corrected chi connectivity index (χ2v) is 5.03. The highest BCUT2D eigenvalue weighted by atomic mass is 32.1. The number of hydrogen-bond acceptors (Lipinski definition) is 6. The number of aromatic nitrogens is 1.